The van der Waals surface area contributed by atoms with E-state index in [2.05, 4.69) is 0 Å². The van der Waals surface area contributed by atoms with Crippen LogP contribution in [0.4, 0.5) is 5.69 Å². The molecule has 3 aromatic carbocycles. The van der Waals surface area contributed by atoms with Gasteiger partial charge in [0.05, 0.1) is 26.0 Å². The minimum absolute atomic E-state index is 0.00317. The highest BCUT2D eigenvalue weighted by molar-refractivity contribution is 5.97. The number of rotatable bonds is 9. The maximum Gasteiger partial charge on any atom is 0.227 e. The van der Waals surface area contributed by atoms with Crippen molar-refractivity contribution in [2.75, 3.05) is 25.7 Å². The fourth-order valence-corrected chi connectivity index (χ4v) is 5.14. The van der Waals surface area contributed by atoms with Crippen LogP contribution in [0, 0.1) is 0 Å². The zero-order valence-corrected chi connectivity index (χ0v) is 21.3. The topological polar surface area (TPSA) is 77.5 Å². The second-order valence-corrected chi connectivity index (χ2v) is 9.67. The molecule has 1 saturated heterocycles. The summed E-state index contributed by atoms with van der Waals surface area (Å²) in [5.41, 5.74) is 2.60. The van der Waals surface area contributed by atoms with Gasteiger partial charge in [-0.15, -0.1) is 0 Å². The van der Waals surface area contributed by atoms with Gasteiger partial charge in [0.25, 0.3) is 0 Å². The SMILES string of the molecule is COc1cccc(COc2cc(O)cc(N3CC(c4ccc(OC)c(OC5CCCC5)c4)CC3=O)c2)c1. The minimum Gasteiger partial charge on any atom is -0.508 e. The van der Waals surface area contributed by atoms with Crippen molar-refractivity contribution in [3.63, 3.8) is 0 Å². The van der Waals surface area contributed by atoms with Crippen LogP contribution >= 0.6 is 0 Å². The third-order valence-electron chi connectivity index (χ3n) is 7.11. The highest BCUT2D eigenvalue weighted by atomic mass is 16.5. The van der Waals surface area contributed by atoms with E-state index >= 15 is 0 Å². The molecule has 0 radical (unpaired) electrons. The van der Waals surface area contributed by atoms with Crippen molar-refractivity contribution in [3.05, 3.63) is 71.8 Å². The van der Waals surface area contributed by atoms with Gasteiger partial charge in [0.2, 0.25) is 5.91 Å². The third kappa shape index (κ3) is 5.77. The highest BCUT2D eigenvalue weighted by Gasteiger charge is 2.33. The predicted molar refractivity (Wildman–Crippen MR) is 141 cm³/mol. The second-order valence-electron chi connectivity index (χ2n) is 9.67. The Morgan fingerprint density at radius 1 is 0.919 bits per heavy atom. The van der Waals surface area contributed by atoms with Gasteiger partial charge in [-0.25, -0.2) is 0 Å². The van der Waals surface area contributed by atoms with Crippen molar-refractivity contribution in [1.82, 2.24) is 0 Å². The smallest absolute Gasteiger partial charge is 0.227 e. The van der Waals surface area contributed by atoms with Gasteiger partial charge in [0.1, 0.15) is 23.9 Å². The Hall–Kier alpha value is -3.87. The van der Waals surface area contributed by atoms with Crippen molar-refractivity contribution >= 4 is 11.6 Å². The fraction of sp³-hybridized carbons (Fsp3) is 0.367. The number of carbonyl (C=O) groups is 1. The van der Waals surface area contributed by atoms with Crippen LogP contribution in [-0.4, -0.2) is 37.9 Å². The minimum atomic E-state index is 0.00317. The predicted octanol–water partition coefficient (Wildman–Crippen LogP) is 5.83. The quantitative estimate of drug-likeness (QED) is 0.396. The molecule has 2 aliphatic rings. The molecule has 194 valence electrons. The lowest BCUT2D eigenvalue weighted by molar-refractivity contribution is -0.117. The van der Waals surface area contributed by atoms with Crippen LogP contribution in [0.3, 0.4) is 0 Å². The molecular weight excluding hydrogens is 470 g/mol. The zero-order chi connectivity index (χ0) is 25.8. The Balaban J connectivity index is 1.31. The molecule has 1 saturated carbocycles. The average Bonchev–Trinajstić information content (AvgIpc) is 3.57. The number of anilines is 1. The lowest BCUT2D eigenvalue weighted by atomic mass is 9.98. The summed E-state index contributed by atoms with van der Waals surface area (Å²) in [5.74, 6) is 2.75. The molecule has 5 rings (SSSR count). The van der Waals surface area contributed by atoms with E-state index in [0.717, 1.165) is 35.5 Å². The van der Waals surface area contributed by atoms with Crippen LogP contribution in [0.1, 0.15) is 49.1 Å². The largest absolute Gasteiger partial charge is 0.508 e. The van der Waals surface area contributed by atoms with E-state index in [0.29, 0.717) is 36.8 Å². The molecule has 1 aliphatic heterocycles. The number of aromatic hydroxyl groups is 1. The van der Waals surface area contributed by atoms with Gasteiger partial charge in [-0.2, -0.15) is 0 Å². The van der Waals surface area contributed by atoms with Gasteiger partial charge in [-0.05, 0) is 61.1 Å². The number of phenolic OH excluding ortho intramolecular Hbond substituents is 1. The maximum atomic E-state index is 13.1. The lowest BCUT2D eigenvalue weighted by Crippen LogP contribution is -2.24. The van der Waals surface area contributed by atoms with Gasteiger partial charge < -0.3 is 29.0 Å². The number of hydrogen-bond acceptors (Lipinski definition) is 6. The van der Waals surface area contributed by atoms with E-state index in [-0.39, 0.29) is 23.7 Å². The Morgan fingerprint density at radius 2 is 1.76 bits per heavy atom. The van der Waals surface area contributed by atoms with Gasteiger partial charge in [-0.1, -0.05) is 18.2 Å². The highest BCUT2D eigenvalue weighted by Crippen LogP contribution is 2.39. The number of benzene rings is 3. The second kappa shape index (κ2) is 11.0. The van der Waals surface area contributed by atoms with E-state index in [4.69, 9.17) is 18.9 Å². The summed E-state index contributed by atoms with van der Waals surface area (Å²) in [6, 6.07) is 18.5. The molecule has 1 aliphatic carbocycles. The molecule has 7 heteroatoms. The first kappa shape index (κ1) is 24.8. The van der Waals surface area contributed by atoms with Crippen LogP contribution in [0.25, 0.3) is 0 Å². The molecule has 1 amide bonds. The van der Waals surface area contributed by atoms with Crippen molar-refractivity contribution in [1.29, 1.82) is 0 Å². The standard InChI is InChI=1S/C30H33NO6/c1-34-26-9-5-6-20(12-26)19-36-27-16-23(15-24(32)17-27)31-18-22(14-30(31)33)21-10-11-28(35-2)29(13-21)37-25-7-3-4-8-25/h5-6,9-13,15-17,22,25,32H,3-4,7-8,14,18-19H2,1-2H3. The summed E-state index contributed by atoms with van der Waals surface area (Å²) in [6.07, 6.45) is 5.09. The maximum absolute atomic E-state index is 13.1. The number of nitrogens with zero attached hydrogens (tertiary/aromatic N) is 1. The summed E-state index contributed by atoms with van der Waals surface area (Å²) in [7, 11) is 3.27. The Labute approximate surface area is 217 Å². The molecule has 1 atom stereocenters. The normalized spacial score (nSPS) is 17.7. The number of ether oxygens (including phenoxy) is 4. The summed E-state index contributed by atoms with van der Waals surface area (Å²) < 4.78 is 23.0. The first-order valence-electron chi connectivity index (χ1n) is 12.8. The zero-order valence-electron chi connectivity index (χ0n) is 21.3. The van der Waals surface area contributed by atoms with E-state index in [9.17, 15) is 9.90 Å². The molecule has 0 bridgehead atoms. The Morgan fingerprint density at radius 3 is 2.54 bits per heavy atom. The number of hydrogen-bond donors (Lipinski definition) is 1. The summed E-state index contributed by atoms with van der Waals surface area (Å²) in [5, 5.41) is 10.4. The number of amides is 1. The number of phenols is 1. The van der Waals surface area contributed by atoms with Crippen LogP contribution in [-0.2, 0) is 11.4 Å². The number of carbonyl (C=O) groups excluding carboxylic acids is 1. The van der Waals surface area contributed by atoms with Crippen LogP contribution < -0.4 is 23.8 Å². The van der Waals surface area contributed by atoms with E-state index < -0.39 is 0 Å². The third-order valence-corrected chi connectivity index (χ3v) is 7.11. The Bertz CT molecular complexity index is 1250. The number of methoxy groups -OCH3 is 2. The van der Waals surface area contributed by atoms with Crippen molar-refractivity contribution in [2.45, 2.75) is 50.7 Å². The fourth-order valence-electron chi connectivity index (χ4n) is 5.14. The van der Waals surface area contributed by atoms with Crippen LogP contribution in [0.15, 0.2) is 60.7 Å². The first-order valence-corrected chi connectivity index (χ1v) is 12.8. The van der Waals surface area contributed by atoms with Crippen molar-refractivity contribution < 1.29 is 28.8 Å². The molecule has 0 spiro atoms. The lowest BCUT2D eigenvalue weighted by Gasteiger charge is -2.20. The van der Waals surface area contributed by atoms with E-state index in [1.165, 1.54) is 12.8 Å². The van der Waals surface area contributed by atoms with E-state index in [1.54, 1.807) is 37.3 Å². The van der Waals surface area contributed by atoms with Crippen molar-refractivity contribution in [2.24, 2.45) is 0 Å². The van der Waals surface area contributed by atoms with Gasteiger partial charge >= 0.3 is 0 Å². The average molecular weight is 504 g/mol. The summed E-state index contributed by atoms with van der Waals surface area (Å²) >= 11 is 0. The molecule has 1 heterocycles. The molecular formula is C30H33NO6. The molecule has 2 fully saturated rings. The van der Waals surface area contributed by atoms with Crippen LogP contribution in [0.5, 0.6) is 28.7 Å². The monoisotopic (exact) mass is 503 g/mol. The molecule has 1 unspecified atom stereocenters. The summed E-state index contributed by atoms with van der Waals surface area (Å²) in [4.78, 5) is 14.8. The van der Waals surface area contributed by atoms with Gasteiger partial charge in [-0.3, -0.25) is 4.79 Å². The summed E-state index contributed by atoms with van der Waals surface area (Å²) in [6.45, 7) is 0.819. The molecule has 0 aromatic heterocycles. The Kier molecular flexibility index (Phi) is 7.40. The van der Waals surface area contributed by atoms with Gasteiger partial charge in [0, 0.05) is 37.1 Å². The van der Waals surface area contributed by atoms with Crippen LogP contribution in [0.2, 0.25) is 0 Å². The van der Waals surface area contributed by atoms with Gasteiger partial charge in [0.15, 0.2) is 11.5 Å². The molecule has 1 N–H and O–H groups in total. The molecule has 37 heavy (non-hydrogen) atoms. The van der Waals surface area contributed by atoms with Crippen molar-refractivity contribution in [3.8, 4) is 28.7 Å². The molecule has 3 aromatic rings. The van der Waals surface area contributed by atoms with E-state index in [1.807, 2.05) is 42.5 Å². The first-order chi connectivity index (χ1) is 18.0. The molecule has 7 nitrogen and oxygen atoms in total.